The molecule has 1 N–H and O–H groups in total. The van der Waals surface area contributed by atoms with Gasteiger partial charge >= 0.3 is 0 Å². The van der Waals surface area contributed by atoms with Crippen LogP contribution < -0.4 is 5.32 Å². The Morgan fingerprint density at radius 1 is 1.38 bits per heavy atom. The van der Waals surface area contributed by atoms with Gasteiger partial charge in [0.1, 0.15) is 0 Å². The summed E-state index contributed by atoms with van der Waals surface area (Å²) in [5.41, 5.74) is 2.49. The monoisotopic (exact) mass is 301 g/mol. The van der Waals surface area contributed by atoms with E-state index in [1.54, 1.807) is 11.3 Å². The maximum atomic E-state index is 11.4. The molecule has 0 bridgehead atoms. The minimum Gasteiger partial charge on any atom is -0.302 e. The highest BCUT2D eigenvalue weighted by molar-refractivity contribution is 7.15. The second kappa shape index (κ2) is 6.37. The van der Waals surface area contributed by atoms with Crippen LogP contribution in [-0.2, 0) is 24.3 Å². The summed E-state index contributed by atoms with van der Waals surface area (Å²) in [6.45, 7) is 4.76. The van der Waals surface area contributed by atoms with E-state index in [2.05, 4.69) is 39.5 Å². The van der Waals surface area contributed by atoms with E-state index in [9.17, 15) is 4.79 Å². The maximum Gasteiger partial charge on any atom is 0.225 e. The summed E-state index contributed by atoms with van der Waals surface area (Å²) >= 11 is 1.61. The van der Waals surface area contributed by atoms with Crippen molar-refractivity contribution in [2.45, 2.75) is 32.9 Å². The highest BCUT2D eigenvalue weighted by Crippen LogP contribution is 2.29. The molecule has 0 saturated carbocycles. The molecule has 0 fully saturated rings. The summed E-state index contributed by atoms with van der Waals surface area (Å²) in [6.07, 6.45) is 1.45. The fourth-order valence-corrected chi connectivity index (χ4v) is 3.55. The van der Waals surface area contributed by atoms with E-state index in [0.717, 1.165) is 36.9 Å². The molecular weight excluding hydrogens is 282 g/mol. The van der Waals surface area contributed by atoms with Gasteiger partial charge < -0.3 is 5.32 Å². The van der Waals surface area contributed by atoms with Gasteiger partial charge in [0, 0.05) is 37.4 Å². The molecule has 1 aromatic heterocycles. The van der Waals surface area contributed by atoms with E-state index in [-0.39, 0.29) is 5.91 Å². The molecule has 1 aliphatic rings. The van der Waals surface area contributed by atoms with Gasteiger partial charge in [-0.3, -0.25) is 9.69 Å². The van der Waals surface area contributed by atoms with Crippen LogP contribution in [0.3, 0.4) is 0 Å². The van der Waals surface area contributed by atoms with Crippen LogP contribution in [0.15, 0.2) is 30.3 Å². The Morgan fingerprint density at radius 2 is 2.19 bits per heavy atom. The van der Waals surface area contributed by atoms with Crippen LogP contribution in [0.2, 0.25) is 0 Å². The smallest absolute Gasteiger partial charge is 0.225 e. The van der Waals surface area contributed by atoms with E-state index in [0.29, 0.717) is 6.42 Å². The summed E-state index contributed by atoms with van der Waals surface area (Å²) in [5.74, 6) is 0.0299. The van der Waals surface area contributed by atoms with Gasteiger partial charge in [0.05, 0.1) is 5.69 Å². The lowest BCUT2D eigenvalue weighted by molar-refractivity contribution is -0.115. The highest BCUT2D eigenvalue weighted by Gasteiger charge is 2.21. The highest BCUT2D eigenvalue weighted by atomic mass is 32.1. The average Bonchev–Trinajstić information content (AvgIpc) is 2.89. The molecule has 4 nitrogen and oxygen atoms in total. The van der Waals surface area contributed by atoms with Crippen LogP contribution in [-0.4, -0.2) is 22.3 Å². The molecule has 0 aliphatic carbocycles. The Balaban J connectivity index is 1.66. The molecule has 110 valence electrons. The van der Waals surface area contributed by atoms with Crippen molar-refractivity contribution in [1.29, 1.82) is 0 Å². The van der Waals surface area contributed by atoms with Gasteiger partial charge in [-0.1, -0.05) is 37.3 Å². The van der Waals surface area contributed by atoms with Crippen LogP contribution in [0.5, 0.6) is 0 Å². The number of thiazole rings is 1. The summed E-state index contributed by atoms with van der Waals surface area (Å²) in [7, 11) is 0. The molecule has 5 heteroatoms. The molecule has 0 unspecified atom stereocenters. The van der Waals surface area contributed by atoms with Gasteiger partial charge in [-0.2, -0.15) is 0 Å². The van der Waals surface area contributed by atoms with E-state index in [1.165, 1.54) is 10.4 Å². The van der Waals surface area contributed by atoms with Crippen LogP contribution in [0, 0.1) is 0 Å². The van der Waals surface area contributed by atoms with Gasteiger partial charge in [0.2, 0.25) is 5.91 Å². The predicted octanol–water partition coefficient (Wildman–Crippen LogP) is 3.05. The summed E-state index contributed by atoms with van der Waals surface area (Å²) in [6, 6.07) is 10.5. The molecular formula is C16H19N3OS. The topological polar surface area (TPSA) is 45.2 Å². The number of aromatic nitrogens is 1. The lowest BCUT2D eigenvalue weighted by Crippen LogP contribution is -2.29. The van der Waals surface area contributed by atoms with Crippen molar-refractivity contribution in [1.82, 2.24) is 9.88 Å². The molecule has 3 rings (SSSR count). The summed E-state index contributed by atoms with van der Waals surface area (Å²) < 4.78 is 0. The van der Waals surface area contributed by atoms with E-state index in [4.69, 9.17) is 0 Å². The first-order valence-corrected chi connectivity index (χ1v) is 8.11. The Morgan fingerprint density at radius 3 is 2.95 bits per heavy atom. The Labute approximate surface area is 128 Å². The van der Waals surface area contributed by atoms with Crippen molar-refractivity contribution >= 4 is 22.4 Å². The number of benzene rings is 1. The van der Waals surface area contributed by atoms with Gasteiger partial charge in [0.15, 0.2) is 5.13 Å². The number of amides is 1. The van der Waals surface area contributed by atoms with Crippen LogP contribution in [0.4, 0.5) is 5.13 Å². The molecule has 2 heterocycles. The average molecular weight is 301 g/mol. The first-order valence-electron chi connectivity index (χ1n) is 7.29. The number of hydrogen-bond donors (Lipinski definition) is 1. The first kappa shape index (κ1) is 14.2. The van der Waals surface area contributed by atoms with Crippen molar-refractivity contribution in [3.05, 3.63) is 46.5 Å². The summed E-state index contributed by atoms with van der Waals surface area (Å²) in [5, 5.41) is 3.61. The minimum atomic E-state index is 0.0299. The summed E-state index contributed by atoms with van der Waals surface area (Å²) in [4.78, 5) is 19.7. The van der Waals surface area contributed by atoms with Crippen molar-refractivity contribution in [2.75, 3.05) is 11.9 Å². The Bertz CT molecular complexity index is 624. The second-order valence-electron chi connectivity index (χ2n) is 5.24. The molecule has 21 heavy (non-hydrogen) atoms. The number of rotatable bonds is 4. The van der Waals surface area contributed by atoms with Gasteiger partial charge in [0.25, 0.3) is 0 Å². The first-order chi connectivity index (χ1) is 10.2. The normalized spacial score (nSPS) is 14.7. The number of carbonyl (C=O) groups excluding carboxylic acids is 1. The zero-order chi connectivity index (χ0) is 14.7. The van der Waals surface area contributed by atoms with Crippen molar-refractivity contribution < 1.29 is 4.79 Å². The molecule has 0 spiro atoms. The fraction of sp³-hybridized carbons (Fsp3) is 0.375. The van der Waals surface area contributed by atoms with Crippen molar-refractivity contribution in [2.24, 2.45) is 0 Å². The molecule has 0 saturated heterocycles. The van der Waals surface area contributed by atoms with Crippen molar-refractivity contribution in [3.8, 4) is 0 Å². The third kappa shape index (κ3) is 3.49. The van der Waals surface area contributed by atoms with Crippen LogP contribution in [0.1, 0.15) is 29.5 Å². The third-order valence-corrected chi connectivity index (χ3v) is 4.62. The second-order valence-corrected chi connectivity index (χ2v) is 6.32. The van der Waals surface area contributed by atoms with Gasteiger partial charge in [-0.05, 0) is 5.56 Å². The Kier molecular flexibility index (Phi) is 4.31. The third-order valence-electron chi connectivity index (χ3n) is 3.63. The van der Waals surface area contributed by atoms with Gasteiger partial charge in [-0.15, -0.1) is 11.3 Å². The van der Waals surface area contributed by atoms with Crippen LogP contribution >= 0.6 is 11.3 Å². The maximum absolute atomic E-state index is 11.4. The fourth-order valence-electron chi connectivity index (χ4n) is 2.49. The minimum absolute atomic E-state index is 0.0299. The Hall–Kier alpha value is -1.72. The molecule has 1 amide bonds. The van der Waals surface area contributed by atoms with E-state index < -0.39 is 0 Å². The van der Waals surface area contributed by atoms with E-state index >= 15 is 0 Å². The predicted molar refractivity (Wildman–Crippen MR) is 85.3 cm³/mol. The van der Waals surface area contributed by atoms with Crippen molar-refractivity contribution in [3.63, 3.8) is 0 Å². The lowest BCUT2D eigenvalue weighted by atomic mass is 10.1. The molecule has 0 radical (unpaired) electrons. The quantitative estimate of drug-likeness (QED) is 0.944. The number of carbonyl (C=O) groups is 1. The zero-order valence-electron chi connectivity index (χ0n) is 12.1. The number of nitrogens with one attached hydrogen (secondary N) is 1. The number of fused-ring (bicyclic) bond motifs is 1. The van der Waals surface area contributed by atoms with Gasteiger partial charge in [-0.25, -0.2) is 4.98 Å². The number of nitrogens with zero attached hydrogens (tertiary/aromatic N) is 2. The number of hydrogen-bond acceptors (Lipinski definition) is 4. The van der Waals surface area contributed by atoms with Crippen LogP contribution in [0.25, 0.3) is 0 Å². The molecule has 0 atom stereocenters. The largest absolute Gasteiger partial charge is 0.302 e. The zero-order valence-corrected chi connectivity index (χ0v) is 12.9. The molecule has 1 aromatic carbocycles. The molecule has 2 aromatic rings. The SMILES string of the molecule is CCC(=O)Nc1nc2c(s1)CN(Cc1ccccc1)CC2. The molecule has 1 aliphatic heterocycles. The lowest BCUT2D eigenvalue weighted by Gasteiger charge is -2.25. The standard InChI is InChI=1S/C16H19N3OS/c1-2-15(20)18-16-17-13-8-9-19(11-14(13)21-16)10-12-6-4-3-5-7-12/h3-7H,2,8-11H2,1H3,(H,17,18,20). The number of anilines is 1. The van der Waals surface area contributed by atoms with E-state index in [1.807, 2.05) is 13.0 Å².